The molecule has 24 heavy (non-hydrogen) atoms. The second kappa shape index (κ2) is 6.55. The number of carbonyl (C=O) groups excluding carboxylic acids is 2. The number of amides is 1. The van der Waals surface area contributed by atoms with Gasteiger partial charge in [0.25, 0.3) is 5.91 Å². The zero-order valence-corrected chi connectivity index (χ0v) is 14.0. The number of benzene rings is 2. The van der Waals surface area contributed by atoms with Crippen LogP contribution in [0.25, 0.3) is 10.9 Å². The van der Waals surface area contributed by atoms with Gasteiger partial charge in [-0.1, -0.05) is 29.3 Å². The number of H-pyrrole nitrogens is 1. The summed E-state index contributed by atoms with van der Waals surface area (Å²) in [6, 6.07) is 9.72. The Morgan fingerprint density at radius 2 is 1.92 bits per heavy atom. The molecule has 0 aliphatic heterocycles. The summed E-state index contributed by atoms with van der Waals surface area (Å²) in [4.78, 5) is 27.1. The highest BCUT2D eigenvalue weighted by Crippen LogP contribution is 2.26. The summed E-state index contributed by atoms with van der Waals surface area (Å²) in [5, 5.41) is 4.33. The summed E-state index contributed by atoms with van der Waals surface area (Å²) in [6.45, 7) is 0. The minimum absolute atomic E-state index is 0.294. The molecule has 3 rings (SSSR count). The topological polar surface area (TPSA) is 71.2 Å². The second-order valence-electron chi connectivity index (χ2n) is 5.03. The van der Waals surface area contributed by atoms with Crippen molar-refractivity contribution in [3.63, 3.8) is 0 Å². The van der Waals surface area contributed by atoms with Crippen LogP contribution in [0.15, 0.2) is 42.6 Å². The first kappa shape index (κ1) is 16.4. The van der Waals surface area contributed by atoms with E-state index in [2.05, 4.69) is 15.0 Å². The summed E-state index contributed by atoms with van der Waals surface area (Å²) < 4.78 is 4.66. The van der Waals surface area contributed by atoms with Crippen LogP contribution in [-0.4, -0.2) is 24.0 Å². The molecule has 0 aliphatic carbocycles. The molecule has 1 heterocycles. The smallest absolute Gasteiger partial charge is 0.337 e. The zero-order valence-electron chi connectivity index (χ0n) is 12.5. The molecule has 0 spiro atoms. The quantitative estimate of drug-likeness (QED) is 0.673. The Bertz CT molecular complexity index is 950. The van der Waals surface area contributed by atoms with Crippen molar-refractivity contribution in [2.75, 3.05) is 12.4 Å². The fraction of sp³-hybridized carbons (Fsp3) is 0.0588. The number of ether oxygens (including phenoxy) is 1. The molecule has 1 amide bonds. The van der Waals surface area contributed by atoms with Crippen molar-refractivity contribution in [3.8, 4) is 0 Å². The van der Waals surface area contributed by atoms with Gasteiger partial charge in [0.05, 0.1) is 28.9 Å². The van der Waals surface area contributed by atoms with Crippen LogP contribution < -0.4 is 5.32 Å². The second-order valence-corrected chi connectivity index (χ2v) is 5.88. The highest BCUT2D eigenvalue weighted by atomic mass is 35.5. The molecule has 0 unspecified atom stereocenters. The molecule has 0 saturated carbocycles. The van der Waals surface area contributed by atoms with E-state index in [1.165, 1.54) is 25.3 Å². The highest BCUT2D eigenvalue weighted by molar-refractivity contribution is 6.34. The van der Waals surface area contributed by atoms with Crippen LogP contribution >= 0.6 is 23.2 Å². The van der Waals surface area contributed by atoms with Gasteiger partial charge in [-0.2, -0.15) is 0 Å². The molecule has 5 nitrogen and oxygen atoms in total. The van der Waals surface area contributed by atoms with E-state index in [9.17, 15) is 9.59 Å². The first-order valence-corrected chi connectivity index (χ1v) is 7.71. The third kappa shape index (κ3) is 3.09. The number of aromatic nitrogens is 1. The third-order valence-corrected chi connectivity index (χ3v) is 4.09. The van der Waals surface area contributed by atoms with Crippen molar-refractivity contribution >= 4 is 51.7 Å². The molecule has 0 atom stereocenters. The van der Waals surface area contributed by atoms with Crippen molar-refractivity contribution < 1.29 is 14.3 Å². The Morgan fingerprint density at radius 3 is 2.67 bits per heavy atom. The number of fused-ring (bicyclic) bond motifs is 1. The lowest BCUT2D eigenvalue weighted by Crippen LogP contribution is -2.12. The van der Waals surface area contributed by atoms with E-state index in [4.69, 9.17) is 23.2 Å². The van der Waals surface area contributed by atoms with Gasteiger partial charge < -0.3 is 15.0 Å². The number of esters is 1. The van der Waals surface area contributed by atoms with Crippen LogP contribution in [0.5, 0.6) is 0 Å². The number of methoxy groups -OCH3 is 1. The fourth-order valence-electron chi connectivity index (χ4n) is 2.34. The van der Waals surface area contributed by atoms with Crippen molar-refractivity contribution in [2.24, 2.45) is 0 Å². The van der Waals surface area contributed by atoms with Crippen LogP contribution in [-0.2, 0) is 4.74 Å². The Balaban J connectivity index is 1.93. The predicted octanol–water partition coefficient (Wildman–Crippen LogP) is 4.51. The lowest BCUT2D eigenvalue weighted by Gasteiger charge is -2.08. The molecule has 2 aromatic carbocycles. The fourth-order valence-corrected chi connectivity index (χ4v) is 2.68. The first-order chi connectivity index (χ1) is 11.5. The first-order valence-electron chi connectivity index (χ1n) is 6.95. The van der Waals surface area contributed by atoms with Gasteiger partial charge in [-0.05, 0) is 30.3 Å². The van der Waals surface area contributed by atoms with Crippen LogP contribution in [0.2, 0.25) is 10.0 Å². The lowest BCUT2D eigenvalue weighted by atomic mass is 10.1. The van der Waals surface area contributed by atoms with Gasteiger partial charge in [-0.15, -0.1) is 0 Å². The molecule has 2 N–H and O–H groups in total. The van der Waals surface area contributed by atoms with Crippen LogP contribution in [0.1, 0.15) is 20.7 Å². The van der Waals surface area contributed by atoms with Gasteiger partial charge in [0, 0.05) is 22.1 Å². The number of hydrogen-bond acceptors (Lipinski definition) is 3. The molecule has 122 valence electrons. The minimum atomic E-state index is -0.510. The maximum absolute atomic E-state index is 12.5. The summed E-state index contributed by atoms with van der Waals surface area (Å²) in [5.74, 6) is -0.864. The number of rotatable bonds is 3. The molecule has 0 radical (unpaired) electrons. The van der Waals surface area contributed by atoms with Crippen molar-refractivity contribution in [1.82, 2.24) is 4.98 Å². The van der Waals surface area contributed by atoms with Gasteiger partial charge in [0.1, 0.15) is 0 Å². The number of halogens is 2. The third-order valence-electron chi connectivity index (χ3n) is 3.52. The van der Waals surface area contributed by atoms with E-state index in [0.717, 1.165) is 10.9 Å². The largest absolute Gasteiger partial charge is 0.465 e. The molecule has 0 aliphatic rings. The van der Waals surface area contributed by atoms with Gasteiger partial charge in [-0.3, -0.25) is 4.79 Å². The maximum Gasteiger partial charge on any atom is 0.337 e. The monoisotopic (exact) mass is 362 g/mol. The highest BCUT2D eigenvalue weighted by Gasteiger charge is 2.15. The number of aromatic amines is 1. The molecule has 0 bridgehead atoms. The predicted molar refractivity (Wildman–Crippen MR) is 94.1 cm³/mol. The molecular weight excluding hydrogens is 351 g/mol. The van der Waals surface area contributed by atoms with Crippen molar-refractivity contribution in [3.05, 3.63) is 63.8 Å². The van der Waals surface area contributed by atoms with Crippen molar-refractivity contribution in [2.45, 2.75) is 0 Å². The van der Waals surface area contributed by atoms with E-state index in [1.807, 2.05) is 0 Å². The van der Waals surface area contributed by atoms with Crippen LogP contribution in [0.3, 0.4) is 0 Å². The number of hydrogen-bond donors (Lipinski definition) is 2. The van der Waals surface area contributed by atoms with Crippen LogP contribution in [0, 0.1) is 0 Å². The molecule has 0 saturated heterocycles. The van der Waals surface area contributed by atoms with E-state index >= 15 is 0 Å². The normalized spacial score (nSPS) is 10.6. The molecule has 7 heteroatoms. The number of anilines is 1. The zero-order chi connectivity index (χ0) is 17.3. The van der Waals surface area contributed by atoms with Gasteiger partial charge in [0.2, 0.25) is 0 Å². The molecular formula is C17H12Cl2N2O3. The maximum atomic E-state index is 12.5. The lowest BCUT2D eigenvalue weighted by molar-refractivity contribution is 0.0600. The summed E-state index contributed by atoms with van der Waals surface area (Å²) >= 11 is 12.0. The Morgan fingerprint density at radius 1 is 1.12 bits per heavy atom. The van der Waals surface area contributed by atoms with Gasteiger partial charge in [-0.25, -0.2) is 4.79 Å². The Kier molecular flexibility index (Phi) is 4.46. The molecule has 1 aromatic heterocycles. The van der Waals surface area contributed by atoms with E-state index in [1.54, 1.807) is 24.4 Å². The molecule has 3 aromatic rings. The van der Waals surface area contributed by atoms with E-state index in [-0.39, 0.29) is 5.91 Å². The number of nitrogens with one attached hydrogen (secondary N) is 2. The average Bonchev–Trinajstić information content (AvgIpc) is 2.99. The minimum Gasteiger partial charge on any atom is -0.465 e. The summed E-state index contributed by atoms with van der Waals surface area (Å²) in [7, 11) is 1.28. The average molecular weight is 363 g/mol. The Labute approximate surface area is 147 Å². The van der Waals surface area contributed by atoms with Crippen molar-refractivity contribution in [1.29, 1.82) is 0 Å². The summed E-state index contributed by atoms with van der Waals surface area (Å²) in [5.41, 5.74) is 1.82. The molecule has 0 fully saturated rings. The SMILES string of the molecule is COC(=O)c1ccc(Cl)c(NC(=O)c2c[nH]c3cc(Cl)ccc23)c1. The summed E-state index contributed by atoms with van der Waals surface area (Å²) in [6.07, 6.45) is 1.59. The van der Waals surface area contributed by atoms with Crippen LogP contribution in [0.4, 0.5) is 5.69 Å². The van der Waals surface area contributed by atoms with Gasteiger partial charge >= 0.3 is 5.97 Å². The number of carbonyl (C=O) groups is 2. The Hall–Kier alpha value is -2.50. The standard InChI is InChI=1S/C17H12Cl2N2O3/c1-24-17(23)9-2-5-13(19)15(6-9)21-16(22)12-8-20-14-7-10(18)3-4-11(12)14/h2-8,20H,1H3,(H,21,22). The van der Waals surface area contributed by atoms with Gasteiger partial charge in [0.15, 0.2) is 0 Å². The van der Waals surface area contributed by atoms with E-state index < -0.39 is 5.97 Å². The van der Waals surface area contributed by atoms with E-state index in [0.29, 0.717) is 26.9 Å².